The quantitative estimate of drug-likeness (QED) is 0.644. The largest absolute Gasteiger partial charge is 0.433 e. The fourth-order valence-corrected chi connectivity index (χ4v) is 1.97. The van der Waals surface area contributed by atoms with Gasteiger partial charge >= 0.3 is 6.09 Å². The maximum Gasteiger partial charge on any atom is 0.433 e. The van der Waals surface area contributed by atoms with Crippen molar-refractivity contribution < 1.29 is 9.63 Å². The average molecular weight is 249 g/mol. The van der Waals surface area contributed by atoms with E-state index in [0.29, 0.717) is 13.1 Å². The lowest BCUT2D eigenvalue weighted by Gasteiger charge is -2.17. The van der Waals surface area contributed by atoms with E-state index in [4.69, 9.17) is 4.84 Å². The Balaban J connectivity index is 1.84. The van der Waals surface area contributed by atoms with Gasteiger partial charge in [0, 0.05) is 19.6 Å². The summed E-state index contributed by atoms with van der Waals surface area (Å²) in [6.07, 6.45) is 0.557. The molecule has 0 bridgehead atoms. The number of likely N-dealkylation sites (N-methyl/N-ethyl adjacent to an activating group) is 1. The molecule has 18 heavy (non-hydrogen) atoms. The molecule has 1 aromatic rings. The number of hydroxylamine groups is 1. The van der Waals surface area contributed by atoms with E-state index >= 15 is 0 Å². The molecule has 5 nitrogen and oxygen atoms in total. The Hall–Kier alpha value is -1.59. The van der Waals surface area contributed by atoms with Gasteiger partial charge in [0.1, 0.15) is 0 Å². The van der Waals surface area contributed by atoms with Gasteiger partial charge in [0.15, 0.2) is 0 Å². The minimum absolute atomic E-state index is 0.335. The number of benzene rings is 1. The van der Waals surface area contributed by atoms with E-state index in [2.05, 4.69) is 5.48 Å². The predicted octanol–water partition coefficient (Wildman–Crippen LogP) is 1.25. The Morgan fingerprint density at radius 2 is 2.22 bits per heavy atom. The summed E-state index contributed by atoms with van der Waals surface area (Å²) in [7, 11) is 3.94. The number of nitrogens with one attached hydrogen (secondary N) is 1. The van der Waals surface area contributed by atoms with Crippen molar-refractivity contribution in [2.45, 2.75) is 6.42 Å². The summed E-state index contributed by atoms with van der Waals surface area (Å²) in [6.45, 7) is 2.13. The van der Waals surface area contributed by atoms with E-state index in [9.17, 15) is 4.79 Å². The maximum atomic E-state index is 11.9. The number of hydrogen-bond acceptors (Lipinski definition) is 4. The monoisotopic (exact) mass is 249 g/mol. The maximum absolute atomic E-state index is 11.9. The van der Waals surface area contributed by atoms with Crippen LogP contribution in [0.2, 0.25) is 0 Å². The van der Waals surface area contributed by atoms with Crippen molar-refractivity contribution in [1.82, 2.24) is 10.4 Å². The molecule has 0 aromatic heterocycles. The van der Waals surface area contributed by atoms with Crippen LogP contribution in [-0.4, -0.2) is 44.7 Å². The first-order valence-electron chi connectivity index (χ1n) is 6.12. The number of para-hydroxylation sites is 1. The van der Waals surface area contributed by atoms with Crippen LogP contribution in [0, 0.1) is 0 Å². The molecule has 1 aliphatic heterocycles. The van der Waals surface area contributed by atoms with Gasteiger partial charge < -0.3 is 9.74 Å². The van der Waals surface area contributed by atoms with Crippen molar-refractivity contribution in [3.63, 3.8) is 0 Å². The molecule has 5 heteroatoms. The zero-order valence-electron chi connectivity index (χ0n) is 10.8. The van der Waals surface area contributed by atoms with Crippen molar-refractivity contribution in [2.24, 2.45) is 0 Å². The molecule has 0 fully saturated rings. The summed E-state index contributed by atoms with van der Waals surface area (Å²) < 4.78 is 0. The van der Waals surface area contributed by atoms with Gasteiger partial charge in [0.2, 0.25) is 0 Å². The number of nitrogens with zero attached hydrogens (tertiary/aromatic N) is 2. The number of carbonyl (C=O) groups is 1. The Bertz CT molecular complexity index is 420. The molecule has 0 aliphatic carbocycles. The summed E-state index contributed by atoms with van der Waals surface area (Å²) in [6, 6.07) is 7.92. The highest BCUT2D eigenvalue weighted by atomic mass is 16.7. The lowest BCUT2D eigenvalue weighted by atomic mass is 10.2. The highest BCUT2D eigenvalue weighted by Gasteiger charge is 2.25. The Morgan fingerprint density at radius 1 is 1.44 bits per heavy atom. The van der Waals surface area contributed by atoms with Crippen LogP contribution in [0.5, 0.6) is 0 Å². The minimum Gasteiger partial charge on any atom is -0.353 e. The van der Waals surface area contributed by atoms with E-state index in [-0.39, 0.29) is 6.09 Å². The molecule has 2 rings (SSSR count). The minimum atomic E-state index is -0.335. The molecule has 0 spiro atoms. The van der Waals surface area contributed by atoms with Crippen LogP contribution >= 0.6 is 0 Å². The summed E-state index contributed by atoms with van der Waals surface area (Å²) in [4.78, 5) is 20.6. The number of amides is 1. The molecule has 1 aliphatic rings. The van der Waals surface area contributed by atoms with Crippen LogP contribution < -0.4 is 10.4 Å². The van der Waals surface area contributed by atoms with Crippen molar-refractivity contribution in [3.05, 3.63) is 29.8 Å². The number of rotatable bonds is 4. The SMILES string of the molecule is CN(C)CCNOC(=O)N1CCc2ccccc21. The average Bonchev–Trinajstić information content (AvgIpc) is 2.78. The van der Waals surface area contributed by atoms with Crippen LogP contribution in [0.15, 0.2) is 24.3 Å². The molecule has 0 radical (unpaired) electrons. The van der Waals surface area contributed by atoms with Gasteiger partial charge in [-0.05, 0) is 32.1 Å². The molecule has 0 unspecified atom stereocenters. The molecule has 1 N–H and O–H groups in total. The number of anilines is 1. The number of carbonyl (C=O) groups excluding carboxylic acids is 1. The number of hydrogen-bond donors (Lipinski definition) is 1. The van der Waals surface area contributed by atoms with Crippen molar-refractivity contribution in [2.75, 3.05) is 38.6 Å². The predicted molar refractivity (Wildman–Crippen MR) is 70.5 cm³/mol. The van der Waals surface area contributed by atoms with Crippen molar-refractivity contribution in [1.29, 1.82) is 0 Å². The topological polar surface area (TPSA) is 44.8 Å². The lowest BCUT2D eigenvalue weighted by Crippen LogP contribution is -2.36. The van der Waals surface area contributed by atoms with Gasteiger partial charge in [0.05, 0.1) is 5.69 Å². The molecule has 98 valence electrons. The molecule has 0 atom stereocenters. The molecule has 0 saturated carbocycles. The molecular weight excluding hydrogens is 230 g/mol. The Kier molecular flexibility index (Phi) is 4.17. The highest BCUT2D eigenvalue weighted by molar-refractivity contribution is 5.90. The van der Waals surface area contributed by atoms with Gasteiger partial charge in [-0.1, -0.05) is 18.2 Å². The second-order valence-electron chi connectivity index (χ2n) is 4.60. The third kappa shape index (κ3) is 3.00. The first-order chi connectivity index (χ1) is 8.68. The molecular formula is C13H19N3O2. The van der Waals surface area contributed by atoms with E-state index in [0.717, 1.165) is 18.7 Å². The molecule has 1 aromatic carbocycles. The molecule has 0 saturated heterocycles. The standard InChI is InChI=1S/C13H19N3O2/c1-15(2)10-8-14-18-13(17)16-9-7-11-5-3-4-6-12(11)16/h3-6,14H,7-10H2,1-2H3. The molecule has 1 amide bonds. The van der Waals surface area contributed by atoms with Crippen molar-refractivity contribution >= 4 is 11.8 Å². The highest BCUT2D eigenvalue weighted by Crippen LogP contribution is 2.27. The van der Waals surface area contributed by atoms with Crippen LogP contribution in [-0.2, 0) is 11.3 Å². The summed E-state index contributed by atoms with van der Waals surface area (Å²) in [5, 5.41) is 0. The van der Waals surface area contributed by atoms with Gasteiger partial charge in [0.25, 0.3) is 0 Å². The zero-order chi connectivity index (χ0) is 13.0. The van der Waals surface area contributed by atoms with E-state index in [1.165, 1.54) is 5.56 Å². The van der Waals surface area contributed by atoms with Crippen LogP contribution in [0.3, 0.4) is 0 Å². The van der Waals surface area contributed by atoms with E-state index in [1.54, 1.807) is 4.90 Å². The summed E-state index contributed by atoms with van der Waals surface area (Å²) in [5.41, 5.74) is 4.84. The van der Waals surface area contributed by atoms with Crippen LogP contribution in [0.4, 0.5) is 10.5 Å². The first-order valence-corrected chi connectivity index (χ1v) is 6.12. The first kappa shape index (κ1) is 12.9. The number of fused-ring (bicyclic) bond motifs is 1. The Labute approximate surface area is 107 Å². The lowest BCUT2D eigenvalue weighted by molar-refractivity contribution is 0.0930. The second kappa shape index (κ2) is 5.84. The summed E-state index contributed by atoms with van der Waals surface area (Å²) in [5.74, 6) is 0. The smallest absolute Gasteiger partial charge is 0.353 e. The van der Waals surface area contributed by atoms with Gasteiger partial charge in [-0.2, -0.15) is 5.48 Å². The van der Waals surface area contributed by atoms with E-state index < -0.39 is 0 Å². The van der Waals surface area contributed by atoms with Crippen LogP contribution in [0.1, 0.15) is 5.56 Å². The third-order valence-corrected chi connectivity index (χ3v) is 2.93. The van der Waals surface area contributed by atoms with Crippen molar-refractivity contribution in [3.8, 4) is 0 Å². The third-order valence-electron chi connectivity index (χ3n) is 2.93. The van der Waals surface area contributed by atoms with Crippen LogP contribution in [0.25, 0.3) is 0 Å². The normalized spacial score (nSPS) is 13.8. The fraction of sp³-hybridized carbons (Fsp3) is 0.462. The zero-order valence-corrected chi connectivity index (χ0v) is 10.8. The summed E-state index contributed by atoms with van der Waals surface area (Å²) >= 11 is 0. The fourth-order valence-electron chi connectivity index (χ4n) is 1.97. The Morgan fingerprint density at radius 3 is 3.00 bits per heavy atom. The molecule has 1 heterocycles. The van der Waals surface area contributed by atoms with Gasteiger partial charge in [-0.15, -0.1) is 0 Å². The van der Waals surface area contributed by atoms with E-state index in [1.807, 2.05) is 43.3 Å². The van der Waals surface area contributed by atoms with Gasteiger partial charge in [-0.3, -0.25) is 4.90 Å². The van der Waals surface area contributed by atoms with Gasteiger partial charge in [-0.25, -0.2) is 4.79 Å². The second-order valence-corrected chi connectivity index (χ2v) is 4.60.